The summed E-state index contributed by atoms with van der Waals surface area (Å²) in [5.74, 6) is 1.72. The first-order valence-corrected chi connectivity index (χ1v) is 9.31. The monoisotopic (exact) mass is 348 g/mol. The minimum Gasteiger partial charge on any atom is -0.467 e. The van der Waals surface area contributed by atoms with Crippen molar-refractivity contribution in [2.45, 2.75) is 19.5 Å². The molecule has 0 amide bonds. The molecule has 0 spiro atoms. The Kier molecular flexibility index (Phi) is 7.51. The molecular weight excluding hydrogens is 323 g/mol. The Morgan fingerprint density at radius 1 is 0.750 bits per heavy atom. The summed E-state index contributed by atoms with van der Waals surface area (Å²) in [4.78, 5) is 0. The number of hydrogen-bond acceptors (Lipinski definition) is 4. The third kappa shape index (κ3) is 4.70. The maximum Gasteiger partial charge on any atom is 0.188 e. The van der Waals surface area contributed by atoms with Gasteiger partial charge < -0.3 is 18.9 Å². The van der Waals surface area contributed by atoms with Gasteiger partial charge in [0, 0.05) is 24.8 Å². The van der Waals surface area contributed by atoms with Crippen LogP contribution in [0.25, 0.3) is 0 Å². The average molecular weight is 348 g/mol. The summed E-state index contributed by atoms with van der Waals surface area (Å²) in [5.41, 5.74) is 0.430. The maximum absolute atomic E-state index is 5.79. The molecule has 0 aliphatic rings. The van der Waals surface area contributed by atoms with Crippen molar-refractivity contribution >= 4 is 18.5 Å². The largest absolute Gasteiger partial charge is 0.467 e. The van der Waals surface area contributed by atoms with Gasteiger partial charge in [0.2, 0.25) is 0 Å². The molecule has 0 aliphatic heterocycles. The third-order valence-corrected chi connectivity index (χ3v) is 6.24. The lowest BCUT2D eigenvalue weighted by Crippen LogP contribution is -2.22. The van der Waals surface area contributed by atoms with Crippen molar-refractivity contribution in [1.29, 1.82) is 0 Å². The molecule has 130 valence electrons. The van der Waals surface area contributed by atoms with Crippen LogP contribution in [0.5, 0.6) is 11.5 Å². The normalized spacial score (nSPS) is 11.1. The molecule has 0 N–H and O–H groups in total. The van der Waals surface area contributed by atoms with Crippen LogP contribution in [0, 0.1) is 0 Å². The van der Waals surface area contributed by atoms with Crippen molar-refractivity contribution < 1.29 is 18.9 Å². The van der Waals surface area contributed by atoms with Crippen LogP contribution in [0.1, 0.15) is 13.8 Å². The SMILES string of the molecule is COCOc1ccccc1P(c1ccccc1OCOC)C(C)C. The zero-order valence-electron chi connectivity index (χ0n) is 14.7. The van der Waals surface area contributed by atoms with E-state index in [9.17, 15) is 0 Å². The molecular formula is C19H25O4P. The standard InChI is InChI=1S/C19H25O4P/c1-15(2)24(18-11-7-5-9-16(18)22-13-20-3)19-12-8-6-10-17(19)23-14-21-4/h5-12,15H,13-14H2,1-4H3. The van der Waals surface area contributed by atoms with Gasteiger partial charge in [-0.25, -0.2) is 0 Å². The van der Waals surface area contributed by atoms with Crippen molar-refractivity contribution in [3.05, 3.63) is 48.5 Å². The van der Waals surface area contributed by atoms with Gasteiger partial charge in [0.15, 0.2) is 13.6 Å². The third-order valence-electron chi connectivity index (χ3n) is 3.43. The van der Waals surface area contributed by atoms with Gasteiger partial charge in [-0.15, -0.1) is 0 Å². The summed E-state index contributed by atoms with van der Waals surface area (Å²) in [6, 6.07) is 16.3. The van der Waals surface area contributed by atoms with Gasteiger partial charge in [0.1, 0.15) is 11.5 Å². The van der Waals surface area contributed by atoms with Crippen LogP contribution in [0.3, 0.4) is 0 Å². The lowest BCUT2D eigenvalue weighted by molar-refractivity contribution is 0.0518. The summed E-state index contributed by atoms with van der Waals surface area (Å²) < 4.78 is 21.7. The molecule has 0 saturated heterocycles. The van der Waals surface area contributed by atoms with Crippen molar-refractivity contribution in [3.63, 3.8) is 0 Å². The smallest absolute Gasteiger partial charge is 0.188 e. The average Bonchev–Trinajstić information content (AvgIpc) is 2.60. The maximum atomic E-state index is 5.79. The van der Waals surface area contributed by atoms with Crippen molar-refractivity contribution in [1.82, 2.24) is 0 Å². The molecule has 2 aromatic carbocycles. The first kappa shape index (κ1) is 18.7. The van der Waals surface area contributed by atoms with Crippen LogP contribution in [0.4, 0.5) is 0 Å². The van der Waals surface area contributed by atoms with E-state index in [2.05, 4.69) is 26.0 Å². The molecule has 0 aliphatic carbocycles. The van der Waals surface area contributed by atoms with E-state index in [1.54, 1.807) is 14.2 Å². The first-order chi connectivity index (χ1) is 11.7. The second-order valence-corrected chi connectivity index (χ2v) is 8.24. The lowest BCUT2D eigenvalue weighted by Gasteiger charge is -2.26. The molecule has 0 heterocycles. The fourth-order valence-corrected chi connectivity index (χ4v) is 5.11. The molecule has 0 fully saturated rings. The summed E-state index contributed by atoms with van der Waals surface area (Å²) >= 11 is 0. The molecule has 5 heteroatoms. The summed E-state index contributed by atoms with van der Waals surface area (Å²) in [5, 5.41) is 2.38. The van der Waals surface area contributed by atoms with Crippen LogP contribution >= 0.6 is 7.92 Å². The zero-order chi connectivity index (χ0) is 17.4. The molecule has 4 nitrogen and oxygen atoms in total. The molecule has 0 bridgehead atoms. The number of rotatable bonds is 9. The topological polar surface area (TPSA) is 36.9 Å². The molecule has 2 aromatic rings. The highest BCUT2D eigenvalue weighted by Gasteiger charge is 2.24. The van der Waals surface area contributed by atoms with Gasteiger partial charge in [0.05, 0.1) is 0 Å². The van der Waals surface area contributed by atoms with Crippen molar-refractivity contribution in [3.8, 4) is 11.5 Å². The second kappa shape index (κ2) is 9.63. The van der Waals surface area contributed by atoms with E-state index in [1.165, 1.54) is 10.6 Å². The van der Waals surface area contributed by atoms with E-state index >= 15 is 0 Å². The van der Waals surface area contributed by atoms with Gasteiger partial charge in [-0.05, 0) is 25.7 Å². The highest BCUT2D eigenvalue weighted by atomic mass is 31.1. The summed E-state index contributed by atoms with van der Waals surface area (Å²) in [6.07, 6.45) is 0. The Hall–Kier alpha value is -1.61. The first-order valence-electron chi connectivity index (χ1n) is 7.89. The Morgan fingerprint density at radius 3 is 1.54 bits per heavy atom. The number of para-hydroxylation sites is 2. The fraction of sp³-hybridized carbons (Fsp3) is 0.368. The minimum atomic E-state index is -0.646. The number of hydrogen-bond donors (Lipinski definition) is 0. The van der Waals surface area contributed by atoms with Gasteiger partial charge in [-0.1, -0.05) is 50.2 Å². The summed E-state index contributed by atoms with van der Waals surface area (Å²) in [6.45, 7) is 4.93. The van der Waals surface area contributed by atoms with Crippen LogP contribution in [0.2, 0.25) is 0 Å². The molecule has 0 saturated carbocycles. The second-order valence-electron chi connectivity index (χ2n) is 5.50. The van der Waals surface area contributed by atoms with Gasteiger partial charge in [-0.2, -0.15) is 0 Å². The summed E-state index contributed by atoms with van der Waals surface area (Å²) in [7, 11) is 2.61. The van der Waals surface area contributed by atoms with E-state index in [-0.39, 0.29) is 13.6 Å². The van der Waals surface area contributed by atoms with Gasteiger partial charge >= 0.3 is 0 Å². The van der Waals surface area contributed by atoms with Gasteiger partial charge in [0.25, 0.3) is 0 Å². The Morgan fingerprint density at radius 2 is 1.17 bits per heavy atom. The Bertz CT molecular complexity index is 579. The van der Waals surface area contributed by atoms with E-state index < -0.39 is 7.92 Å². The van der Waals surface area contributed by atoms with E-state index in [0.29, 0.717) is 5.66 Å². The molecule has 24 heavy (non-hydrogen) atoms. The minimum absolute atomic E-state index is 0.236. The highest BCUT2D eigenvalue weighted by Crippen LogP contribution is 2.44. The number of ether oxygens (including phenoxy) is 4. The molecule has 2 rings (SSSR count). The van der Waals surface area contributed by atoms with E-state index in [0.717, 1.165) is 11.5 Å². The van der Waals surface area contributed by atoms with Crippen LogP contribution < -0.4 is 20.1 Å². The van der Waals surface area contributed by atoms with Crippen molar-refractivity contribution in [2.75, 3.05) is 27.8 Å². The lowest BCUT2D eigenvalue weighted by atomic mass is 10.3. The van der Waals surface area contributed by atoms with Crippen LogP contribution in [0.15, 0.2) is 48.5 Å². The zero-order valence-corrected chi connectivity index (χ0v) is 15.6. The van der Waals surface area contributed by atoms with Crippen molar-refractivity contribution in [2.24, 2.45) is 0 Å². The molecule has 0 radical (unpaired) electrons. The predicted octanol–water partition coefficient (Wildman–Crippen LogP) is 3.49. The number of methoxy groups -OCH3 is 2. The molecule has 0 atom stereocenters. The Labute approximate surface area is 145 Å². The highest BCUT2D eigenvalue weighted by molar-refractivity contribution is 7.74. The molecule has 0 aromatic heterocycles. The van der Waals surface area contributed by atoms with E-state index in [4.69, 9.17) is 18.9 Å². The predicted molar refractivity (Wildman–Crippen MR) is 99.2 cm³/mol. The number of benzene rings is 2. The fourth-order valence-electron chi connectivity index (χ4n) is 2.49. The Balaban J connectivity index is 2.44. The molecule has 0 unspecified atom stereocenters. The van der Waals surface area contributed by atoms with E-state index in [1.807, 2.05) is 36.4 Å². The quantitative estimate of drug-likeness (QED) is 0.513. The van der Waals surface area contributed by atoms with Crippen LogP contribution in [-0.2, 0) is 9.47 Å². The van der Waals surface area contributed by atoms with Crippen LogP contribution in [-0.4, -0.2) is 33.5 Å². The van der Waals surface area contributed by atoms with Gasteiger partial charge in [-0.3, -0.25) is 0 Å².